The Labute approximate surface area is 215 Å². The molecule has 0 saturated carbocycles. The normalized spacial score (nSPS) is 15.1. The molecule has 5 rings (SSSR count). The highest BCUT2D eigenvalue weighted by Gasteiger charge is 2.34. The molecule has 0 aliphatic carbocycles. The lowest BCUT2D eigenvalue weighted by Crippen LogP contribution is -2.24. The van der Waals surface area contributed by atoms with Crippen molar-refractivity contribution in [1.29, 1.82) is 0 Å². The third kappa shape index (κ3) is 5.27. The van der Waals surface area contributed by atoms with Gasteiger partial charge in [-0.3, -0.25) is 19.7 Å². The van der Waals surface area contributed by atoms with Crippen LogP contribution in [0.2, 0.25) is 5.02 Å². The molecular formula is C26H20ClN5O3S. The molecule has 0 spiro atoms. The molecule has 0 bridgehead atoms. The zero-order chi connectivity index (χ0) is 25.1. The van der Waals surface area contributed by atoms with Crippen LogP contribution in [-0.4, -0.2) is 34.5 Å². The number of amides is 3. The Kier molecular flexibility index (Phi) is 6.75. The van der Waals surface area contributed by atoms with Crippen LogP contribution in [0.15, 0.2) is 78.9 Å². The molecule has 2 N–H and O–H groups in total. The third-order valence-corrected chi connectivity index (χ3v) is 6.95. The van der Waals surface area contributed by atoms with Gasteiger partial charge in [-0.1, -0.05) is 47.2 Å². The van der Waals surface area contributed by atoms with E-state index in [0.29, 0.717) is 44.9 Å². The maximum absolute atomic E-state index is 12.8. The van der Waals surface area contributed by atoms with Crippen LogP contribution in [0.1, 0.15) is 38.1 Å². The van der Waals surface area contributed by atoms with Gasteiger partial charge in [0.1, 0.15) is 5.01 Å². The van der Waals surface area contributed by atoms with Gasteiger partial charge < -0.3 is 10.2 Å². The molecule has 1 fully saturated rings. The minimum atomic E-state index is -0.376. The summed E-state index contributed by atoms with van der Waals surface area (Å²) in [4.78, 5) is 39.5. The van der Waals surface area contributed by atoms with Gasteiger partial charge in [-0.05, 0) is 54.6 Å². The molecule has 1 aromatic heterocycles. The smallest absolute Gasteiger partial charge is 0.257 e. The summed E-state index contributed by atoms with van der Waals surface area (Å²) >= 11 is 7.19. The Bertz CT molecular complexity index is 1430. The van der Waals surface area contributed by atoms with Crippen molar-refractivity contribution < 1.29 is 14.4 Å². The summed E-state index contributed by atoms with van der Waals surface area (Å²) in [6.07, 6.45) is 0.314. The third-order valence-electron chi connectivity index (χ3n) is 5.69. The molecule has 1 saturated heterocycles. The average molecular weight is 518 g/mol. The Hall–Kier alpha value is -4.08. The predicted molar refractivity (Wildman–Crippen MR) is 140 cm³/mol. The van der Waals surface area contributed by atoms with E-state index in [2.05, 4.69) is 20.8 Å². The number of halogens is 1. The lowest BCUT2D eigenvalue weighted by atomic mass is 10.1. The number of hydrogen-bond acceptors (Lipinski definition) is 6. The summed E-state index contributed by atoms with van der Waals surface area (Å²) in [5.41, 5.74) is 2.17. The number of carbonyl (C=O) groups excluding carboxylic acids is 3. The topological polar surface area (TPSA) is 104 Å². The van der Waals surface area contributed by atoms with Crippen molar-refractivity contribution in [3.8, 4) is 0 Å². The fraction of sp³-hybridized carbons (Fsp3) is 0.115. The first-order chi connectivity index (χ1) is 17.5. The van der Waals surface area contributed by atoms with E-state index in [0.717, 1.165) is 5.69 Å². The molecule has 10 heteroatoms. The van der Waals surface area contributed by atoms with Crippen molar-refractivity contribution in [3.63, 3.8) is 0 Å². The Morgan fingerprint density at radius 1 is 0.889 bits per heavy atom. The number of carbonyl (C=O) groups is 3. The zero-order valence-corrected chi connectivity index (χ0v) is 20.4. The summed E-state index contributed by atoms with van der Waals surface area (Å²) in [7, 11) is 0. The maximum atomic E-state index is 12.8. The van der Waals surface area contributed by atoms with E-state index in [1.807, 2.05) is 18.2 Å². The van der Waals surface area contributed by atoms with Crippen LogP contribution in [-0.2, 0) is 4.79 Å². The highest BCUT2D eigenvalue weighted by molar-refractivity contribution is 7.15. The van der Waals surface area contributed by atoms with E-state index in [-0.39, 0.29) is 23.6 Å². The van der Waals surface area contributed by atoms with Crippen molar-refractivity contribution in [3.05, 3.63) is 100 Å². The number of nitrogens with zero attached hydrogens (tertiary/aromatic N) is 3. The van der Waals surface area contributed by atoms with Gasteiger partial charge in [-0.15, -0.1) is 10.2 Å². The first-order valence-electron chi connectivity index (χ1n) is 11.1. The Balaban J connectivity index is 1.23. The summed E-state index contributed by atoms with van der Waals surface area (Å²) in [6.45, 7) is 0.478. The highest BCUT2D eigenvalue weighted by atomic mass is 35.5. The van der Waals surface area contributed by atoms with Gasteiger partial charge >= 0.3 is 0 Å². The van der Waals surface area contributed by atoms with Crippen LogP contribution in [0.5, 0.6) is 0 Å². The fourth-order valence-corrected chi connectivity index (χ4v) is 4.85. The van der Waals surface area contributed by atoms with Crippen molar-refractivity contribution >= 4 is 57.2 Å². The number of anilines is 3. The monoisotopic (exact) mass is 517 g/mol. The van der Waals surface area contributed by atoms with E-state index in [9.17, 15) is 14.4 Å². The van der Waals surface area contributed by atoms with Gasteiger partial charge in [0.05, 0.1) is 0 Å². The maximum Gasteiger partial charge on any atom is 0.257 e. The SMILES string of the molecule is O=C(Nc1cccc(C(=O)Nc2nnc(C3CC(=O)N(c4ccc(Cl)cc4)C3)s2)c1)c1ccccc1. The summed E-state index contributed by atoms with van der Waals surface area (Å²) in [5.74, 6) is -0.759. The van der Waals surface area contributed by atoms with Gasteiger partial charge in [0.2, 0.25) is 11.0 Å². The molecule has 3 aromatic carbocycles. The number of benzene rings is 3. The van der Waals surface area contributed by atoms with Crippen molar-refractivity contribution in [2.24, 2.45) is 0 Å². The first kappa shape index (κ1) is 23.7. The van der Waals surface area contributed by atoms with Crippen LogP contribution in [0.4, 0.5) is 16.5 Å². The van der Waals surface area contributed by atoms with E-state index in [1.54, 1.807) is 65.6 Å². The van der Waals surface area contributed by atoms with Crippen LogP contribution in [0, 0.1) is 0 Å². The van der Waals surface area contributed by atoms with E-state index < -0.39 is 0 Å². The molecule has 4 aromatic rings. The standard InChI is InChI=1S/C26H20ClN5O3S/c27-19-9-11-21(12-10-19)32-15-18(14-22(32)33)25-30-31-26(36-25)29-24(35)17-7-4-8-20(13-17)28-23(34)16-5-2-1-3-6-16/h1-13,18H,14-15H2,(H,28,34)(H,29,31,35). The molecule has 1 aliphatic rings. The van der Waals surface area contributed by atoms with Gasteiger partial charge in [0.15, 0.2) is 0 Å². The summed E-state index contributed by atoms with van der Waals surface area (Å²) in [6, 6.07) is 22.6. The number of nitrogens with one attached hydrogen (secondary N) is 2. The van der Waals surface area contributed by atoms with Crippen molar-refractivity contribution in [2.75, 3.05) is 22.1 Å². The molecular weight excluding hydrogens is 498 g/mol. The summed E-state index contributed by atoms with van der Waals surface area (Å²) in [5, 5.41) is 15.5. The summed E-state index contributed by atoms with van der Waals surface area (Å²) < 4.78 is 0. The Morgan fingerprint density at radius 2 is 1.61 bits per heavy atom. The number of rotatable bonds is 6. The number of hydrogen-bond donors (Lipinski definition) is 2. The molecule has 1 aliphatic heterocycles. The van der Waals surface area contributed by atoms with Crippen molar-refractivity contribution in [1.82, 2.24) is 10.2 Å². The minimum Gasteiger partial charge on any atom is -0.322 e. The van der Waals surface area contributed by atoms with Gasteiger partial charge in [0, 0.05) is 46.4 Å². The van der Waals surface area contributed by atoms with Crippen LogP contribution in [0.3, 0.4) is 0 Å². The van der Waals surface area contributed by atoms with Crippen LogP contribution in [0.25, 0.3) is 0 Å². The van der Waals surface area contributed by atoms with Gasteiger partial charge in [0.25, 0.3) is 11.8 Å². The van der Waals surface area contributed by atoms with Crippen LogP contribution < -0.4 is 15.5 Å². The molecule has 0 radical (unpaired) electrons. The molecule has 36 heavy (non-hydrogen) atoms. The molecule has 1 unspecified atom stereocenters. The van der Waals surface area contributed by atoms with E-state index in [4.69, 9.17) is 11.6 Å². The van der Waals surface area contributed by atoms with Crippen LogP contribution >= 0.6 is 22.9 Å². The second kappa shape index (κ2) is 10.3. The highest BCUT2D eigenvalue weighted by Crippen LogP contribution is 2.34. The molecule has 2 heterocycles. The average Bonchev–Trinajstić information content (AvgIpc) is 3.52. The predicted octanol–water partition coefficient (Wildman–Crippen LogP) is 5.22. The number of aromatic nitrogens is 2. The lowest BCUT2D eigenvalue weighted by molar-refractivity contribution is -0.117. The van der Waals surface area contributed by atoms with Gasteiger partial charge in [-0.2, -0.15) is 0 Å². The zero-order valence-electron chi connectivity index (χ0n) is 18.8. The second-order valence-corrected chi connectivity index (χ2v) is 9.63. The second-order valence-electron chi connectivity index (χ2n) is 8.18. The minimum absolute atomic E-state index is 0.00234. The fourth-order valence-electron chi connectivity index (χ4n) is 3.89. The van der Waals surface area contributed by atoms with E-state index >= 15 is 0 Å². The van der Waals surface area contributed by atoms with Crippen molar-refractivity contribution in [2.45, 2.75) is 12.3 Å². The molecule has 3 amide bonds. The van der Waals surface area contributed by atoms with Gasteiger partial charge in [-0.25, -0.2) is 0 Å². The Morgan fingerprint density at radius 3 is 2.39 bits per heavy atom. The first-order valence-corrected chi connectivity index (χ1v) is 12.3. The molecule has 180 valence electrons. The largest absolute Gasteiger partial charge is 0.322 e. The quantitative estimate of drug-likeness (QED) is 0.365. The molecule has 1 atom stereocenters. The lowest BCUT2D eigenvalue weighted by Gasteiger charge is -2.16. The van der Waals surface area contributed by atoms with E-state index in [1.165, 1.54) is 11.3 Å². The molecule has 8 nitrogen and oxygen atoms in total.